The molecule has 126 valence electrons. The van der Waals surface area contributed by atoms with Crippen LogP contribution in [0.1, 0.15) is 33.1 Å². The van der Waals surface area contributed by atoms with Gasteiger partial charge in [-0.05, 0) is 44.8 Å². The Morgan fingerprint density at radius 3 is 2.24 bits per heavy atom. The first-order valence-electron chi connectivity index (χ1n) is 7.96. The van der Waals surface area contributed by atoms with E-state index in [4.69, 9.17) is 0 Å². The molecule has 2 aliphatic rings. The number of likely N-dealkylation sites (tertiary alicyclic amines) is 1. The van der Waals surface area contributed by atoms with E-state index >= 15 is 0 Å². The highest BCUT2D eigenvalue weighted by atomic mass is 35.5. The molecule has 4 nitrogen and oxygen atoms in total. The Hall–Kier alpha value is -0.0300. The van der Waals surface area contributed by atoms with Gasteiger partial charge in [0, 0.05) is 26.2 Å². The van der Waals surface area contributed by atoms with E-state index in [-0.39, 0.29) is 30.7 Å². The highest BCUT2D eigenvalue weighted by molar-refractivity contribution is 5.85. The van der Waals surface area contributed by atoms with Crippen molar-refractivity contribution < 1.29 is 4.79 Å². The van der Waals surface area contributed by atoms with Gasteiger partial charge in [-0.1, -0.05) is 13.8 Å². The molecular weight excluding hydrogens is 309 g/mol. The molecule has 6 heteroatoms. The average Bonchev–Trinajstić information content (AvgIpc) is 2.99. The molecule has 0 spiro atoms. The summed E-state index contributed by atoms with van der Waals surface area (Å²) < 4.78 is 0. The number of carbonyl (C=O) groups is 1. The maximum atomic E-state index is 12.3. The van der Waals surface area contributed by atoms with Crippen molar-refractivity contribution in [1.82, 2.24) is 15.1 Å². The summed E-state index contributed by atoms with van der Waals surface area (Å²) in [5.74, 6) is 1.43. The fourth-order valence-corrected chi connectivity index (χ4v) is 3.31. The Balaban J connectivity index is 0.00000200. The first-order chi connectivity index (χ1) is 9.24. The van der Waals surface area contributed by atoms with Crippen LogP contribution in [0.3, 0.4) is 0 Å². The van der Waals surface area contributed by atoms with E-state index in [9.17, 15) is 4.79 Å². The Morgan fingerprint density at radius 1 is 1.14 bits per heavy atom. The van der Waals surface area contributed by atoms with Crippen LogP contribution in [0.15, 0.2) is 0 Å². The smallest absolute Gasteiger partial charge is 0.227 e. The molecule has 2 heterocycles. The summed E-state index contributed by atoms with van der Waals surface area (Å²) in [6.45, 7) is 11.8. The summed E-state index contributed by atoms with van der Waals surface area (Å²) in [4.78, 5) is 16.9. The molecule has 0 saturated carbocycles. The molecule has 0 bridgehead atoms. The summed E-state index contributed by atoms with van der Waals surface area (Å²) >= 11 is 0. The Morgan fingerprint density at radius 2 is 1.76 bits per heavy atom. The lowest BCUT2D eigenvalue weighted by molar-refractivity contribution is -0.136. The molecule has 2 fully saturated rings. The molecule has 1 amide bonds. The number of hydrogen-bond donors (Lipinski definition) is 1. The number of rotatable bonds is 5. The Labute approximate surface area is 141 Å². The number of hydrogen-bond acceptors (Lipinski definition) is 3. The SMILES string of the molecule is CCN(CC)CC1CCN(C(=O)C2CCNC2)CC1.Cl.Cl. The van der Waals surface area contributed by atoms with Crippen LogP contribution in [-0.4, -0.2) is 61.5 Å². The van der Waals surface area contributed by atoms with Crippen molar-refractivity contribution in [3.05, 3.63) is 0 Å². The van der Waals surface area contributed by atoms with E-state index in [0.717, 1.165) is 51.6 Å². The van der Waals surface area contributed by atoms with Crippen LogP contribution >= 0.6 is 24.8 Å². The fourth-order valence-electron chi connectivity index (χ4n) is 3.31. The lowest BCUT2D eigenvalue weighted by Gasteiger charge is -2.35. The van der Waals surface area contributed by atoms with Gasteiger partial charge >= 0.3 is 0 Å². The summed E-state index contributed by atoms with van der Waals surface area (Å²) in [6, 6.07) is 0. The molecule has 2 saturated heterocycles. The second-order valence-corrected chi connectivity index (χ2v) is 5.94. The quantitative estimate of drug-likeness (QED) is 0.832. The minimum Gasteiger partial charge on any atom is -0.342 e. The summed E-state index contributed by atoms with van der Waals surface area (Å²) in [7, 11) is 0. The number of nitrogens with one attached hydrogen (secondary N) is 1. The first kappa shape index (κ1) is 21.0. The van der Waals surface area contributed by atoms with Crippen LogP contribution < -0.4 is 5.32 Å². The first-order valence-corrected chi connectivity index (χ1v) is 7.96. The molecule has 2 rings (SSSR count). The third-order valence-electron chi connectivity index (χ3n) is 4.75. The fraction of sp³-hybridized carbons (Fsp3) is 0.933. The molecule has 1 atom stereocenters. The molecule has 0 aromatic heterocycles. The van der Waals surface area contributed by atoms with Gasteiger partial charge in [0.25, 0.3) is 0 Å². The van der Waals surface area contributed by atoms with Gasteiger partial charge < -0.3 is 15.1 Å². The number of amides is 1. The van der Waals surface area contributed by atoms with E-state index in [0.29, 0.717) is 5.91 Å². The zero-order valence-corrected chi connectivity index (χ0v) is 15.0. The van der Waals surface area contributed by atoms with Crippen molar-refractivity contribution >= 4 is 30.7 Å². The molecule has 0 aromatic rings. The monoisotopic (exact) mass is 339 g/mol. The number of nitrogens with zero attached hydrogens (tertiary/aromatic N) is 2. The number of piperidine rings is 1. The van der Waals surface area contributed by atoms with Crippen molar-refractivity contribution in [2.45, 2.75) is 33.1 Å². The molecule has 21 heavy (non-hydrogen) atoms. The van der Waals surface area contributed by atoms with Crippen molar-refractivity contribution in [3.8, 4) is 0 Å². The van der Waals surface area contributed by atoms with Crippen LogP contribution in [0.4, 0.5) is 0 Å². The zero-order chi connectivity index (χ0) is 13.7. The highest BCUT2D eigenvalue weighted by Crippen LogP contribution is 2.21. The number of carbonyl (C=O) groups excluding carboxylic acids is 1. The third-order valence-corrected chi connectivity index (χ3v) is 4.75. The maximum absolute atomic E-state index is 12.3. The van der Waals surface area contributed by atoms with Gasteiger partial charge in [0.05, 0.1) is 5.92 Å². The predicted octanol–water partition coefficient (Wildman–Crippen LogP) is 2.02. The van der Waals surface area contributed by atoms with Gasteiger partial charge in [-0.3, -0.25) is 4.79 Å². The Kier molecular flexibility index (Phi) is 10.6. The minimum atomic E-state index is 0. The lowest BCUT2D eigenvalue weighted by atomic mass is 9.95. The average molecular weight is 340 g/mol. The molecule has 1 N–H and O–H groups in total. The summed E-state index contributed by atoms with van der Waals surface area (Å²) in [5, 5.41) is 3.29. The van der Waals surface area contributed by atoms with Gasteiger partial charge in [0.15, 0.2) is 0 Å². The standard InChI is InChI=1S/C15H29N3O.2ClH/c1-3-17(4-2)12-13-6-9-18(10-7-13)15(19)14-5-8-16-11-14;;/h13-14,16H,3-12H2,1-2H3;2*1H. The lowest BCUT2D eigenvalue weighted by Crippen LogP contribution is -2.44. The van der Waals surface area contributed by atoms with E-state index in [2.05, 4.69) is 29.0 Å². The molecule has 1 unspecified atom stereocenters. The predicted molar refractivity (Wildman–Crippen MR) is 92.6 cm³/mol. The molecular formula is C15H31Cl2N3O. The second-order valence-electron chi connectivity index (χ2n) is 5.94. The number of halogens is 2. The van der Waals surface area contributed by atoms with Gasteiger partial charge in [-0.15, -0.1) is 24.8 Å². The molecule has 0 aromatic carbocycles. The normalized spacial score (nSPS) is 22.8. The topological polar surface area (TPSA) is 35.6 Å². The van der Waals surface area contributed by atoms with Crippen LogP contribution in [0.5, 0.6) is 0 Å². The van der Waals surface area contributed by atoms with E-state index in [1.807, 2.05) is 0 Å². The van der Waals surface area contributed by atoms with Crippen LogP contribution in [0.25, 0.3) is 0 Å². The summed E-state index contributed by atoms with van der Waals surface area (Å²) in [5.41, 5.74) is 0. The molecule has 0 radical (unpaired) electrons. The van der Waals surface area contributed by atoms with E-state index in [1.165, 1.54) is 19.4 Å². The van der Waals surface area contributed by atoms with Crippen LogP contribution in [-0.2, 0) is 4.79 Å². The largest absolute Gasteiger partial charge is 0.342 e. The summed E-state index contributed by atoms with van der Waals surface area (Å²) in [6.07, 6.45) is 3.39. The van der Waals surface area contributed by atoms with Crippen molar-refractivity contribution in [3.63, 3.8) is 0 Å². The van der Waals surface area contributed by atoms with Crippen LogP contribution in [0.2, 0.25) is 0 Å². The van der Waals surface area contributed by atoms with E-state index in [1.54, 1.807) is 0 Å². The van der Waals surface area contributed by atoms with Gasteiger partial charge in [-0.25, -0.2) is 0 Å². The second kappa shape index (κ2) is 10.7. The minimum absolute atomic E-state index is 0. The Bertz CT molecular complexity index is 287. The highest BCUT2D eigenvalue weighted by Gasteiger charge is 2.30. The van der Waals surface area contributed by atoms with Crippen LogP contribution in [0, 0.1) is 11.8 Å². The molecule has 2 aliphatic heterocycles. The third kappa shape index (κ3) is 5.93. The van der Waals surface area contributed by atoms with Gasteiger partial charge in [0.1, 0.15) is 0 Å². The maximum Gasteiger partial charge on any atom is 0.227 e. The van der Waals surface area contributed by atoms with Crippen molar-refractivity contribution in [2.75, 3.05) is 45.8 Å². The van der Waals surface area contributed by atoms with Gasteiger partial charge in [-0.2, -0.15) is 0 Å². The molecule has 0 aliphatic carbocycles. The van der Waals surface area contributed by atoms with Crippen molar-refractivity contribution in [1.29, 1.82) is 0 Å². The van der Waals surface area contributed by atoms with E-state index < -0.39 is 0 Å². The van der Waals surface area contributed by atoms with Crippen molar-refractivity contribution in [2.24, 2.45) is 11.8 Å². The van der Waals surface area contributed by atoms with Gasteiger partial charge in [0.2, 0.25) is 5.91 Å². The zero-order valence-electron chi connectivity index (χ0n) is 13.3.